The van der Waals surface area contributed by atoms with E-state index in [9.17, 15) is 0 Å². The SMILES string of the molecule is Cn1ncc2c(CBr)c(Br)ccc21. The molecule has 0 aliphatic carbocycles. The van der Waals surface area contributed by atoms with Crippen LogP contribution >= 0.6 is 31.9 Å². The van der Waals surface area contributed by atoms with Crippen molar-refractivity contribution in [2.75, 3.05) is 0 Å². The van der Waals surface area contributed by atoms with E-state index in [0.29, 0.717) is 0 Å². The Kier molecular flexibility index (Phi) is 2.43. The van der Waals surface area contributed by atoms with E-state index in [-0.39, 0.29) is 0 Å². The Hall–Kier alpha value is -0.350. The number of aromatic nitrogens is 2. The lowest BCUT2D eigenvalue weighted by molar-refractivity contribution is 0.797. The fourth-order valence-corrected chi connectivity index (χ4v) is 2.86. The first-order chi connectivity index (χ1) is 6.24. The van der Waals surface area contributed by atoms with Crippen LogP contribution in [-0.2, 0) is 12.4 Å². The van der Waals surface area contributed by atoms with Crippen LogP contribution in [0, 0.1) is 0 Å². The van der Waals surface area contributed by atoms with E-state index in [1.165, 1.54) is 10.9 Å². The topological polar surface area (TPSA) is 17.8 Å². The summed E-state index contributed by atoms with van der Waals surface area (Å²) in [5, 5.41) is 6.27. The van der Waals surface area contributed by atoms with Crippen LogP contribution in [0.5, 0.6) is 0 Å². The van der Waals surface area contributed by atoms with Gasteiger partial charge in [-0.3, -0.25) is 4.68 Å². The molecule has 0 saturated heterocycles. The standard InChI is InChI=1S/C9H8Br2N2/c1-13-9-3-2-8(11)6(4-10)7(9)5-12-13/h2-3,5H,4H2,1H3. The van der Waals surface area contributed by atoms with Crippen LogP contribution in [0.4, 0.5) is 0 Å². The van der Waals surface area contributed by atoms with Gasteiger partial charge in [0.15, 0.2) is 0 Å². The third kappa shape index (κ3) is 1.42. The fraction of sp³-hybridized carbons (Fsp3) is 0.222. The minimum atomic E-state index is 0.844. The van der Waals surface area contributed by atoms with Gasteiger partial charge in [-0.15, -0.1) is 0 Å². The molecule has 0 bridgehead atoms. The zero-order valence-electron chi connectivity index (χ0n) is 7.09. The van der Waals surface area contributed by atoms with Crippen LogP contribution < -0.4 is 0 Å². The molecule has 0 spiro atoms. The highest BCUT2D eigenvalue weighted by Crippen LogP contribution is 2.27. The van der Waals surface area contributed by atoms with Gasteiger partial charge in [0.05, 0.1) is 11.7 Å². The third-order valence-corrected chi connectivity index (χ3v) is 3.42. The fourth-order valence-electron chi connectivity index (χ4n) is 1.39. The minimum Gasteiger partial charge on any atom is -0.268 e. The number of rotatable bonds is 1. The van der Waals surface area contributed by atoms with Crippen molar-refractivity contribution in [3.8, 4) is 0 Å². The first-order valence-electron chi connectivity index (χ1n) is 3.89. The molecule has 0 radical (unpaired) electrons. The Morgan fingerprint density at radius 3 is 2.92 bits per heavy atom. The molecule has 0 saturated carbocycles. The Bertz CT molecular complexity index is 448. The maximum Gasteiger partial charge on any atom is 0.0682 e. The molecule has 13 heavy (non-hydrogen) atoms. The van der Waals surface area contributed by atoms with Crippen LogP contribution in [-0.4, -0.2) is 9.78 Å². The quantitative estimate of drug-likeness (QED) is 0.740. The van der Waals surface area contributed by atoms with E-state index in [1.54, 1.807) is 0 Å². The van der Waals surface area contributed by atoms with Crippen molar-refractivity contribution in [1.82, 2.24) is 9.78 Å². The number of aryl methyl sites for hydroxylation is 1. The Labute approximate surface area is 93.2 Å². The maximum absolute atomic E-state index is 4.22. The number of halogens is 2. The van der Waals surface area contributed by atoms with Crippen LogP contribution in [0.2, 0.25) is 0 Å². The number of alkyl halides is 1. The lowest BCUT2D eigenvalue weighted by atomic mass is 10.1. The van der Waals surface area contributed by atoms with Crippen LogP contribution in [0.15, 0.2) is 22.8 Å². The van der Waals surface area contributed by atoms with E-state index in [0.717, 1.165) is 15.3 Å². The molecular weight excluding hydrogens is 296 g/mol. The van der Waals surface area contributed by atoms with E-state index < -0.39 is 0 Å². The molecule has 0 amide bonds. The molecule has 2 rings (SSSR count). The molecule has 0 atom stereocenters. The van der Waals surface area contributed by atoms with Gasteiger partial charge in [0, 0.05) is 22.2 Å². The minimum absolute atomic E-state index is 0.844. The molecular formula is C9H8Br2N2. The van der Waals surface area contributed by atoms with Crippen molar-refractivity contribution >= 4 is 42.8 Å². The van der Waals surface area contributed by atoms with Gasteiger partial charge >= 0.3 is 0 Å². The van der Waals surface area contributed by atoms with Gasteiger partial charge in [0.1, 0.15) is 0 Å². The molecule has 1 heterocycles. The van der Waals surface area contributed by atoms with E-state index >= 15 is 0 Å². The van der Waals surface area contributed by atoms with Crippen molar-refractivity contribution in [1.29, 1.82) is 0 Å². The van der Waals surface area contributed by atoms with Gasteiger partial charge in [0.2, 0.25) is 0 Å². The highest BCUT2D eigenvalue weighted by atomic mass is 79.9. The van der Waals surface area contributed by atoms with Crippen molar-refractivity contribution in [3.63, 3.8) is 0 Å². The molecule has 2 aromatic rings. The van der Waals surface area contributed by atoms with Gasteiger partial charge in [-0.1, -0.05) is 31.9 Å². The van der Waals surface area contributed by atoms with Crippen LogP contribution in [0.25, 0.3) is 10.9 Å². The summed E-state index contributed by atoms with van der Waals surface area (Å²) >= 11 is 6.99. The predicted molar refractivity (Wildman–Crippen MR) is 61.0 cm³/mol. The highest BCUT2D eigenvalue weighted by molar-refractivity contribution is 9.10. The Morgan fingerprint density at radius 2 is 2.23 bits per heavy atom. The first-order valence-corrected chi connectivity index (χ1v) is 5.80. The number of fused-ring (bicyclic) bond motifs is 1. The second-order valence-corrected chi connectivity index (χ2v) is 4.28. The van der Waals surface area contributed by atoms with Crippen molar-refractivity contribution in [2.45, 2.75) is 5.33 Å². The van der Waals surface area contributed by atoms with Gasteiger partial charge in [0.25, 0.3) is 0 Å². The summed E-state index contributed by atoms with van der Waals surface area (Å²) in [6.07, 6.45) is 1.90. The average molecular weight is 304 g/mol. The van der Waals surface area contributed by atoms with Gasteiger partial charge < -0.3 is 0 Å². The average Bonchev–Trinajstić information content (AvgIpc) is 2.48. The Morgan fingerprint density at radius 1 is 1.46 bits per heavy atom. The molecule has 68 valence electrons. The second-order valence-electron chi connectivity index (χ2n) is 2.86. The number of nitrogens with zero attached hydrogens (tertiary/aromatic N) is 2. The zero-order valence-corrected chi connectivity index (χ0v) is 10.3. The van der Waals surface area contributed by atoms with Gasteiger partial charge in [-0.25, -0.2) is 0 Å². The maximum atomic E-state index is 4.22. The predicted octanol–water partition coefficient (Wildman–Crippen LogP) is 3.23. The summed E-state index contributed by atoms with van der Waals surface area (Å²) in [6.45, 7) is 0. The van der Waals surface area contributed by atoms with E-state index in [1.807, 2.05) is 17.9 Å². The lowest BCUT2D eigenvalue weighted by Crippen LogP contribution is -1.89. The molecule has 0 N–H and O–H groups in total. The summed E-state index contributed by atoms with van der Waals surface area (Å²) in [5.41, 5.74) is 2.42. The summed E-state index contributed by atoms with van der Waals surface area (Å²) in [5.74, 6) is 0. The lowest BCUT2D eigenvalue weighted by Gasteiger charge is -2.02. The summed E-state index contributed by atoms with van der Waals surface area (Å²) in [7, 11) is 1.95. The zero-order chi connectivity index (χ0) is 9.42. The number of hydrogen-bond donors (Lipinski definition) is 0. The summed E-state index contributed by atoms with van der Waals surface area (Å²) in [6, 6.07) is 4.12. The molecule has 0 aliphatic rings. The molecule has 1 aromatic heterocycles. The van der Waals surface area contributed by atoms with E-state index in [4.69, 9.17) is 0 Å². The first kappa shape index (κ1) is 9.21. The summed E-state index contributed by atoms with van der Waals surface area (Å²) < 4.78 is 3.01. The monoisotopic (exact) mass is 302 g/mol. The number of hydrogen-bond acceptors (Lipinski definition) is 1. The van der Waals surface area contributed by atoms with Crippen molar-refractivity contribution < 1.29 is 0 Å². The molecule has 2 nitrogen and oxygen atoms in total. The molecule has 1 aromatic carbocycles. The molecule has 0 fully saturated rings. The second kappa shape index (κ2) is 3.42. The smallest absolute Gasteiger partial charge is 0.0682 e. The highest BCUT2D eigenvalue weighted by Gasteiger charge is 2.07. The van der Waals surface area contributed by atoms with E-state index in [2.05, 4.69) is 49.1 Å². The number of benzene rings is 1. The molecule has 0 aliphatic heterocycles. The van der Waals surface area contributed by atoms with Crippen LogP contribution in [0.3, 0.4) is 0 Å². The van der Waals surface area contributed by atoms with Crippen molar-refractivity contribution in [3.05, 3.63) is 28.4 Å². The molecule has 4 heteroatoms. The van der Waals surface area contributed by atoms with Gasteiger partial charge in [-0.2, -0.15) is 5.10 Å². The normalized spacial score (nSPS) is 11.0. The van der Waals surface area contributed by atoms with Crippen LogP contribution in [0.1, 0.15) is 5.56 Å². The Balaban J connectivity index is 2.85. The molecule has 0 unspecified atom stereocenters. The summed E-state index contributed by atoms with van der Waals surface area (Å²) in [4.78, 5) is 0. The third-order valence-electron chi connectivity index (χ3n) is 2.12. The largest absolute Gasteiger partial charge is 0.268 e. The van der Waals surface area contributed by atoms with Gasteiger partial charge in [-0.05, 0) is 17.7 Å². The van der Waals surface area contributed by atoms with Crippen molar-refractivity contribution in [2.24, 2.45) is 7.05 Å².